The number of carbonyl (C=O) groups excluding carboxylic acids is 2. The lowest BCUT2D eigenvalue weighted by Crippen LogP contribution is -2.46. The summed E-state index contributed by atoms with van der Waals surface area (Å²) in [5, 5.41) is 0. The van der Waals surface area contributed by atoms with Crippen molar-refractivity contribution in [1.29, 1.82) is 0 Å². The second-order valence-electron chi connectivity index (χ2n) is 7.49. The Morgan fingerprint density at radius 2 is 2.03 bits per heavy atom. The highest BCUT2D eigenvalue weighted by Gasteiger charge is 2.34. The van der Waals surface area contributed by atoms with Crippen molar-refractivity contribution in [1.82, 2.24) is 4.90 Å². The summed E-state index contributed by atoms with van der Waals surface area (Å²) in [5.74, 6) is 1.44. The second kappa shape index (κ2) is 8.15. The SMILES string of the molecule is COc1cccc(C2CCCN2C(=O)CCN2C(=O)C(C)Oc3ccccc32)c1. The second-order valence-corrected chi connectivity index (χ2v) is 7.49. The van der Waals surface area contributed by atoms with Crippen LogP contribution in [0.4, 0.5) is 5.69 Å². The van der Waals surface area contributed by atoms with E-state index in [2.05, 4.69) is 0 Å². The van der Waals surface area contributed by atoms with Gasteiger partial charge in [0.15, 0.2) is 6.10 Å². The number of benzene rings is 2. The molecule has 6 heteroatoms. The number of carbonyl (C=O) groups is 2. The zero-order chi connectivity index (χ0) is 20.4. The molecule has 2 atom stereocenters. The Balaban J connectivity index is 1.47. The molecule has 1 fully saturated rings. The lowest BCUT2D eigenvalue weighted by atomic mass is 10.0. The van der Waals surface area contributed by atoms with Gasteiger partial charge in [0.25, 0.3) is 5.91 Å². The van der Waals surface area contributed by atoms with E-state index in [-0.39, 0.29) is 24.3 Å². The minimum absolute atomic E-state index is 0.0594. The van der Waals surface area contributed by atoms with Crippen LogP contribution < -0.4 is 14.4 Å². The van der Waals surface area contributed by atoms with Gasteiger partial charge in [-0.15, -0.1) is 0 Å². The molecule has 0 radical (unpaired) electrons. The molecule has 0 aliphatic carbocycles. The van der Waals surface area contributed by atoms with Crippen LogP contribution in [0.3, 0.4) is 0 Å². The van der Waals surface area contributed by atoms with Crippen LogP contribution in [0.15, 0.2) is 48.5 Å². The molecule has 6 nitrogen and oxygen atoms in total. The Hall–Kier alpha value is -3.02. The quantitative estimate of drug-likeness (QED) is 0.778. The average molecular weight is 394 g/mol. The molecule has 2 heterocycles. The zero-order valence-corrected chi connectivity index (χ0v) is 16.8. The normalized spacial score (nSPS) is 21.0. The molecule has 2 aromatic carbocycles. The van der Waals surface area contributed by atoms with Crippen LogP contribution >= 0.6 is 0 Å². The fourth-order valence-corrected chi connectivity index (χ4v) is 4.20. The number of hydrogen-bond acceptors (Lipinski definition) is 4. The molecule has 4 rings (SSSR count). The summed E-state index contributed by atoms with van der Waals surface area (Å²) >= 11 is 0. The highest BCUT2D eigenvalue weighted by molar-refractivity contribution is 6.00. The Morgan fingerprint density at radius 3 is 2.86 bits per heavy atom. The van der Waals surface area contributed by atoms with E-state index in [0.29, 0.717) is 12.3 Å². The van der Waals surface area contributed by atoms with E-state index in [0.717, 1.165) is 36.4 Å². The first-order valence-electron chi connectivity index (χ1n) is 10.1. The predicted molar refractivity (Wildman–Crippen MR) is 110 cm³/mol. The van der Waals surface area contributed by atoms with Crippen LogP contribution in [0.2, 0.25) is 0 Å². The van der Waals surface area contributed by atoms with Crippen molar-refractivity contribution in [3.05, 3.63) is 54.1 Å². The largest absolute Gasteiger partial charge is 0.497 e. The van der Waals surface area contributed by atoms with Crippen molar-refractivity contribution in [3.8, 4) is 11.5 Å². The van der Waals surface area contributed by atoms with Gasteiger partial charge in [0.1, 0.15) is 11.5 Å². The van der Waals surface area contributed by atoms with Gasteiger partial charge >= 0.3 is 0 Å². The molecular formula is C23H26N2O4. The number of methoxy groups -OCH3 is 1. The maximum Gasteiger partial charge on any atom is 0.267 e. The van der Waals surface area contributed by atoms with Crippen LogP contribution in [0, 0.1) is 0 Å². The van der Waals surface area contributed by atoms with Gasteiger partial charge in [0, 0.05) is 19.5 Å². The summed E-state index contributed by atoms with van der Waals surface area (Å²) in [7, 11) is 1.65. The summed E-state index contributed by atoms with van der Waals surface area (Å²) in [6.07, 6.45) is 1.66. The first-order chi connectivity index (χ1) is 14.1. The fourth-order valence-electron chi connectivity index (χ4n) is 4.20. The van der Waals surface area contributed by atoms with Gasteiger partial charge in [-0.25, -0.2) is 0 Å². The Bertz CT molecular complexity index is 913. The summed E-state index contributed by atoms with van der Waals surface area (Å²) in [4.78, 5) is 29.3. The highest BCUT2D eigenvalue weighted by Crippen LogP contribution is 2.36. The molecule has 0 saturated carbocycles. The van der Waals surface area contributed by atoms with Gasteiger partial charge in [-0.2, -0.15) is 0 Å². The van der Waals surface area contributed by atoms with E-state index in [1.807, 2.05) is 53.4 Å². The molecule has 0 spiro atoms. The average Bonchev–Trinajstić information content (AvgIpc) is 3.24. The maximum absolute atomic E-state index is 13.1. The first-order valence-corrected chi connectivity index (χ1v) is 10.1. The molecule has 2 unspecified atom stereocenters. The monoisotopic (exact) mass is 394 g/mol. The lowest BCUT2D eigenvalue weighted by molar-refractivity contribution is -0.132. The highest BCUT2D eigenvalue weighted by atomic mass is 16.5. The summed E-state index contributed by atoms with van der Waals surface area (Å²) < 4.78 is 11.0. The van der Waals surface area contributed by atoms with Crippen LogP contribution in [-0.4, -0.2) is 43.0 Å². The van der Waals surface area contributed by atoms with Gasteiger partial charge < -0.3 is 19.3 Å². The summed E-state index contributed by atoms with van der Waals surface area (Å²) in [6, 6.07) is 15.4. The Labute approximate surface area is 171 Å². The topological polar surface area (TPSA) is 59.1 Å². The third-order valence-corrected chi connectivity index (χ3v) is 5.67. The van der Waals surface area contributed by atoms with Crippen molar-refractivity contribution in [3.63, 3.8) is 0 Å². The molecule has 152 valence electrons. The van der Waals surface area contributed by atoms with Crippen molar-refractivity contribution < 1.29 is 19.1 Å². The zero-order valence-electron chi connectivity index (χ0n) is 16.8. The van der Waals surface area contributed by atoms with Gasteiger partial charge in [0.05, 0.1) is 18.8 Å². The van der Waals surface area contributed by atoms with E-state index < -0.39 is 6.10 Å². The molecule has 2 aromatic rings. The lowest BCUT2D eigenvalue weighted by Gasteiger charge is -2.33. The number of rotatable bonds is 5. The first kappa shape index (κ1) is 19.3. The molecule has 29 heavy (non-hydrogen) atoms. The van der Waals surface area contributed by atoms with Crippen molar-refractivity contribution in [2.75, 3.05) is 25.1 Å². The van der Waals surface area contributed by atoms with Crippen LogP contribution in [-0.2, 0) is 9.59 Å². The molecule has 1 saturated heterocycles. The minimum atomic E-state index is -0.545. The number of ether oxygens (including phenoxy) is 2. The van der Waals surface area contributed by atoms with Gasteiger partial charge in [-0.1, -0.05) is 24.3 Å². The van der Waals surface area contributed by atoms with E-state index in [4.69, 9.17) is 9.47 Å². The third kappa shape index (κ3) is 3.79. The van der Waals surface area contributed by atoms with Crippen LogP contribution in [0.25, 0.3) is 0 Å². The number of anilines is 1. The van der Waals surface area contributed by atoms with Gasteiger partial charge in [0.2, 0.25) is 5.91 Å². The Kier molecular flexibility index (Phi) is 5.43. The number of hydrogen-bond donors (Lipinski definition) is 0. The molecule has 2 amide bonds. The molecule has 0 aromatic heterocycles. The number of para-hydroxylation sites is 2. The van der Waals surface area contributed by atoms with Crippen LogP contribution in [0.5, 0.6) is 11.5 Å². The van der Waals surface area contributed by atoms with Crippen molar-refractivity contribution in [2.45, 2.75) is 38.3 Å². The molecule has 0 N–H and O–H groups in total. The van der Waals surface area contributed by atoms with Gasteiger partial charge in [-0.3, -0.25) is 9.59 Å². The number of likely N-dealkylation sites (tertiary alicyclic amines) is 1. The predicted octanol–water partition coefficient (Wildman–Crippen LogP) is 3.56. The number of fused-ring (bicyclic) bond motifs is 1. The standard InChI is InChI=1S/C23H26N2O4/c1-16-23(27)25(20-9-3-4-11-21(20)29-16)14-12-22(26)24-13-6-10-19(24)17-7-5-8-18(15-17)28-2/h3-5,7-9,11,15-16,19H,6,10,12-14H2,1-2H3. The molecular weight excluding hydrogens is 368 g/mol. The fraction of sp³-hybridized carbons (Fsp3) is 0.391. The number of amides is 2. The van der Waals surface area contributed by atoms with Crippen molar-refractivity contribution in [2.24, 2.45) is 0 Å². The van der Waals surface area contributed by atoms with Crippen molar-refractivity contribution >= 4 is 17.5 Å². The molecule has 2 aliphatic heterocycles. The molecule has 0 bridgehead atoms. The van der Waals surface area contributed by atoms with Crippen LogP contribution in [0.1, 0.15) is 37.8 Å². The van der Waals surface area contributed by atoms with E-state index in [1.165, 1.54) is 0 Å². The third-order valence-electron chi connectivity index (χ3n) is 5.67. The summed E-state index contributed by atoms with van der Waals surface area (Å²) in [5.41, 5.74) is 1.82. The minimum Gasteiger partial charge on any atom is -0.497 e. The number of nitrogens with zero attached hydrogens (tertiary/aromatic N) is 2. The Morgan fingerprint density at radius 1 is 1.21 bits per heavy atom. The smallest absolute Gasteiger partial charge is 0.267 e. The van der Waals surface area contributed by atoms with E-state index in [9.17, 15) is 9.59 Å². The maximum atomic E-state index is 13.1. The van der Waals surface area contributed by atoms with E-state index >= 15 is 0 Å². The molecule has 2 aliphatic rings. The van der Waals surface area contributed by atoms with Gasteiger partial charge in [-0.05, 0) is 49.6 Å². The van der Waals surface area contributed by atoms with E-state index in [1.54, 1.807) is 18.9 Å². The summed E-state index contributed by atoms with van der Waals surface area (Å²) in [6.45, 7) is 2.83.